The monoisotopic (exact) mass is 407 g/mol. The minimum atomic E-state index is -0.680. The minimum Gasteiger partial charge on any atom is -0.451 e. The maximum Gasteiger partial charge on any atom is 0.358 e. The van der Waals surface area contributed by atoms with E-state index in [1.54, 1.807) is 29.6 Å². The summed E-state index contributed by atoms with van der Waals surface area (Å²) in [6.07, 6.45) is 1.40. The second-order valence-corrected chi connectivity index (χ2v) is 6.76. The molecule has 0 aliphatic heterocycles. The van der Waals surface area contributed by atoms with Crippen molar-refractivity contribution in [2.75, 3.05) is 11.9 Å². The molecule has 2 heterocycles. The smallest absolute Gasteiger partial charge is 0.358 e. The first kappa shape index (κ1) is 18.3. The van der Waals surface area contributed by atoms with Gasteiger partial charge < -0.3 is 10.1 Å². The van der Waals surface area contributed by atoms with Crippen LogP contribution in [0.2, 0.25) is 10.0 Å². The molecule has 0 bridgehead atoms. The molecule has 1 N–H and O–H groups in total. The van der Waals surface area contributed by atoms with Crippen LogP contribution in [0.25, 0.3) is 10.6 Å². The molecule has 1 amide bonds. The van der Waals surface area contributed by atoms with Crippen molar-refractivity contribution in [3.05, 3.63) is 63.7 Å². The van der Waals surface area contributed by atoms with Gasteiger partial charge in [0.2, 0.25) is 0 Å². The highest BCUT2D eigenvalue weighted by Crippen LogP contribution is 2.25. The third-order valence-electron chi connectivity index (χ3n) is 3.13. The number of nitrogens with zero attached hydrogens (tertiary/aromatic N) is 2. The fourth-order valence-corrected chi connectivity index (χ4v) is 2.96. The summed E-state index contributed by atoms with van der Waals surface area (Å²) < 4.78 is 4.97. The van der Waals surface area contributed by atoms with Gasteiger partial charge >= 0.3 is 5.97 Å². The van der Waals surface area contributed by atoms with Crippen molar-refractivity contribution in [3.63, 3.8) is 0 Å². The number of hydrogen-bond donors (Lipinski definition) is 1. The first-order chi connectivity index (χ1) is 12.5. The van der Waals surface area contributed by atoms with Crippen LogP contribution < -0.4 is 5.32 Å². The van der Waals surface area contributed by atoms with Crippen LogP contribution >= 0.6 is 34.5 Å². The summed E-state index contributed by atoms with van der Waals surface area (Å²) in [7, 11) is 0. The van der Waals surface area contributed by atoms with Gasteiger partial charge in [-0.15, -0.1) is 11.3 Å². The Morgan fingerprint density at radius 1 is 1.08 bits per heavy atom. The van der Waals surface area contributed by atoms with Crippen molar-refractivity contribution in [1.29, 1.82) is 0 Å². The topological polar surface area (TPSA) is 81.2 Å². The van der Waals surface area contributed by atoms with Crippen molar-refractivity contribution in [2.24, 2.45) is 0 Å². The summed E-state index contributed by atoms with van der Waals surface area (Å²) in [6.45, 7) is -0.447. The lowest BCUT2D eigenvalue weighted by Gasteiger charge is -2.05. The maximum absolute atomic E-state index is 12.0. The molecule has 0 atom stereocenters. The molecule has 0 unspecified atom stereocenters. The Morgan fingerprint density at radius 3 is 2.50 bits per heavy atom. The number of halogens is 2. The Hall–Kier alpha value is -2.48. The highest BCUT2D eigenvalue weighted by atomic mass is 35.5. The molecule has 0 fully saturated rings. The molecule has 6 nitrogen and oxygen atoms in total. The molecule has 0 saturated carbocycles. The van der Waals surface area contributed by atoms with Crippen LogP contribution in [-0.2, 0) is 9.53 Å². The number of benzene rings is 1. The number of hydrogen-bond acceptors (Lipinski definition) is 6. The van der Waals surface area contributed by atoms with Gasteiger partial charge in [-0.1, -0.05) is 35.3 Å². The standard InChI is InChI=1S/C17H11Cl2N3O3S/c18-11-3-1-10(2-4-11)16-21-13(9-26-16)17(24)25-8-15(23)22-14-6-5-12(19)7-20-14/h1-7,9H,8H2,(H,20,22,23). The van der Waals surface area contributed by atoms with Crippen LogP contribution in [0.3, 0.4) is 0 Å². The van der Waals surface area contributed by atoms with Gasteiger partial charge in [-0.2, -0.15) is 0 Å². The lowest BCUT2D eigenvalue weighted by atomic mass is 10.2. The predicted molar refractivity (Wildman–Crippen MR) is 101 cm³/mol. The third-order valence-corrected chi connectivity index (χ3v) is 4.50. The van der Waals surface area contributed by atoms with Crippen LogP contribution in [0.4, 0.5) is 5.82 Å². The van der Waals surface area contributed by atoms with E-state index in [9.17, 15) is 9.59 Å². The van der Waals surface area contributed by atoms with Gasteiger partial charge in [-0.05, 0) is 24.3 Å². The zero-order chi connectivity index (χ0) is 18.5. The summed E-state index contributed by atoms with van der Waals surface area (Å²) in [5.74, 6) is -0.879. The van der Waals surface area contributed by atoms with Gasteiger partial charge in [-0.25, -0.2) is 14.8 Å². The summed E-state index contributed by atoms with van der Waals surface area (Å²) in [5.41, 5.74) is 0.974. The summed E-state index contributed by atoms with van der Waals surface area (Å²) >= 11 is 12.9. The molecule has 26 heavy (non-hydrogen) atoms. The van der Waals surface area contributed by atoms with Gasteiger partial charge in [0.15, 0.2) is 12.3 Å². The number of ether oxygens (including phenoxy) is 1. The Labute approximate surface area is 162 Å². The van der Waals surface area contributed by atoms with E-state index >= 15 is 0 Å². The minimum absolute atomic E-state index is 0.136. The first-order valence-electron chi connectivity index (χ1n) is 7.31. The van der Waals surface area contributed by atoms with E-state index in [0.29, 0.717) is 20.9 Å². The van der Waals surface area contributed by atoms with Crippen molar-refractivity contribution in [1.82, 2.24) is 9.97 Å². The van der Waals surface area contributed by atoms with Crippen LogP contribution in [0, 0.1) is 0 Å². The average molecular weight is 408 g/mol. The van der Waals surface area contributed by atoms with Gasteiger partial charge in [0.1, 0.15) is 10.8 Å². The SMILES string of the molecule is O=C(COC(=O)c1csc(-c2ccc(Cl)cc2)n1)Nc1ccc(Cl)cn1. The van der Waals surface area contributed by atoms with Crippen LogP contribution in [-0.4, -0.2) is 28.5 Å². The molecule has 3 aromatic rings. The fourth-order valence-electron chi connectivity index (χ4n) is 1.93. The fraction of sp³-hybridized carbons (Fsp3) is 0.0588. The summed E-state index contributed by atoms with van der Waals surface area (Å²) in [4.78, 5) is 32.0. The molecule has 0 aliphatic carbocycles. The number of rotatable bonds is 5. The van der Waals surface area contributed by atoms with E-state index in [1.165, 1.54) is 17.5 Å². The van der Waals surface area contributed by atoms with Gasteiger partial charge in [0, 0.05) is 22.2 Å². The van der Waals surface area contributed by atoms with Crippen LogP contribution in [0.15, 0.2) is 48.0 Å². The van der Waals surface area contributed by atoms with Gasteiger partial charge in [0.25, 0.3) is 5.91 Å². The van der Waals surface area contributed by atoms with Gasteiger partial charge in [-0.3, -0.25) is 4.79 Å². The second kappa shape index (κ2) is 8.27. The summed E-state index contributed by atoms with van der Waals surface area (Å²) in [5, 5.41) is 5.80. The number of amides is 1. The Kier molecular flexibility index (Phi) is 5.82. The number of pyridine rings is 1. The second-order valence-electron chi connectivity index (χ2n) is 5.03. The van der Waals surface area contributed by atoms with Crippen molar-refractivity contribution < 1.29 is 14.3 Å². The molecule has 1 aromatic carbocycles. The zero-order valence-electron chi connectivity index (χ0n) is 13.1. The first-order valence-corrected chi connectivity index (χ1v) is 8.95. The number of carbonyl (C=O) groups is 2. The molecule has 0 saturated heterocycles. The van der Waals surface area contributed by atoms with Crippen molar-refractivity contribution >= 4 is 52.2 Å². The molecular weight excluding hydrogens is 397 g/mol. The molecule has 9 heteroatoms. The Bertz CT molecular complexity index is 927. The van der Waals surface area contributed by atoms with E-state index in [1.807, 2.05) is 12.1 Å². The van der Waals surface area contributed by atoms with Crippen molar-refractivity contribution in [2.45, 2.75) is 0 Å². The molecule has 2 aromatic heterocycles. The van der Waals surface area contributed by atoms with Gasteiger partial charge in [0.05, 0.1) is 5.02 Å². The molecule has 132 valence electrons. The number of anilines is 1. The number of esters is 1. The zero-order valence-corrected chi connectivity index (χ0v) is 15.4. The van der Waals surface area contributed by atoms with E-state index in [4.69, 9.17) is 27.9 Å². The molecule has 0 aliphatic rings. The highest BCUT2D eigenvalue weighted by Gasteiger charge is 2.15. The van der Waals surface area contributed by atoms with E-state index in [-0.39, 0.29) is 5.69 Å². The highest BCUT2D eigenvalue weighted by molar-refractivity contribution is 7.13. The molecule has 0 spiro atoms. The molecule has 3 rings (SSSR count). The molecule has 0 radical (unpaired) electrons. The predicted octanol–water partition coefficient (Wildman–Crippen LogP) is 4.31. The number of nitrogens with one attached hydrogen (secondary N) is 1. The quantitative estimate of drug-likeness (QED) is 0.637. The lowest BCUT2D eigenvalue weighted by Crippen LogP contribution is -2.21. The number of thiazole rings is 1. The van der Waals surface area contributed by atoms with E-state index in [0.717, 1.165) is 5.56 Å². The Balaban J connectivity index is 1.55. The summed E-state index contributed by atoms with van der Waals surface area (Å²) in [6, 6.07) is 10.2. The number of aromatic nitrogens is 2. The molecular formula is C17H11Cl2N3O3S. The van der Waals surface area contributed by atoms with Crippen molar-refractivity contribution in [3.8, 4) is 10.6 Å². The third kappa shape index (κ3) is 4.78. The van der Waals surface area contributed by atoms with E-state index in [2.05, 4.69) is 15.3 Å². The average Bonchev–Trinajstić information content (AvgIpc) is 3.12. The largest absolute Gasteiger partial charge is 0.451 e. The van der Waals surface area contributed by atoms with E-state index < -0.39 is 18.5 Å². The van der Waals surface area contributed by atoms with Crippen LogP contribution in [0.1, 0.15) is 10.5 Å². The Morgan fingerprint density at radius 2 is 1.81 bits per heavy atom. The number of carbonyl (C=O) groups excluding carboxylic acids is 2. The normalized spacial score (nSPS) is 10.4. The maximum atomic E-state index is 12.0. The lowest BCUT2D eigenvalue weighted by molar-refractivity contribution is -0.119. The van der Waals surface area contributed by atoms with Crippen LogP contribution in [0.5, 0.6) is 0 Å².